The van der Waals surface area contributed by atoms with E-state index in [-0.39, 0.29) is 17.9 Å². The lowest BCUT2D eigenvalue weighted by Gasteiger charge is -2.08. The SMILES string of the molecule is COC(=O)c1ccc(COc2cc(F)cc(F)c2)cc1F. The lowest BCUT2D eigenvalue weighted by molar-refractivity contribution is 0.0595. The molecule has 0 aliphatic carbocycles. The van der Waals surface area contributed by atoms with E-state index in [9.17, 15) is 18.0 Å². The summed E-state index contributed by atoms with van der Waals surface area (Å²) in [6, 6.07) is 6.57. The Hall–Kier alpha value is -2.50. The zero-order valence-corrected chi connectivity index (χ0v) is 11.0. The molecule has 0 bridgehead atoms. The minimum Gasteiger partial charge on any atom is -0.489 e. The van der Waals surface area contributed by atoms with Crippen molar-refractivity contribution in [3.05, 3.63) is 65.0 Å². The van der Waals surface area contributed by atoms with Gasteiger partial charge in [-0.2, -0.15) is 0 Å². The fraction of sp³-hybridized carbons (Fsp3) is 0.133. The quantitative estimate of drug-likeness (QED) is 0.810. The highest BCUT2D eigenvalue weighted by Crippen LogP contribution is 2.18. The first-order valence-corrected chi connectivity index (χ1v) is 5.95. The van der Waals surface area contributed by atoms with Crippen molar-refractivity contribution < 1.29 is 27.4 Å². The largest absolute Gasteiger partial charge is 0.489 e. The van der Waals surface area contributed by atoms with Crippen LogP contribution in [0.25, 0.3) is 0 Å². The molecule has 0 amide bonds. The van der Waals surface area contributed by atoms with Crippen LogP contribution in [0.5, 0.6) is 5.75 Å². The Labute approximate surface area is 118 Å². The molecule has 0 saturated carbocycles. The molecular formula is C15H11F3O3. The van der Waals surface area contributed by atoms with Gasteiger partial charge in [-0.15, -0.1) is 0 Å². The molecule has 2 aromatic rings. The fourth-order valence-corrected chi connectivity index (χ4v) is 1.70. The minimum atomic E-state index is -0.785. The Bertz CT molecular complexity index is 651. The summed E-state index contributed by atoms with van der Waals surface area (Å²) in [7, 11) is 1.15. The average Bonchev–Trinajstić information content (AvgIpc) is 2.43. The molecule has 0 spiro atoms. The van der Waals surface area contributed by atoms with Gasteiger partial charge in [0.1, 0.15) is 29.8 Å². The van der Waals surface area contributed by atoms with E-state index in [4.69, 9.17) is 4.74 Å². The van der Waals surface area contributed by atoms with Crippen molar-refractivity contribution >= 4 is 5.97 Å². The molecule has 3 nitrogen and oxygen atoms in total. The van der Waals surface area contributed by atoms with E-state index in [1.54, 1.807) is 0 Å². The number of benzene rings is 2. The number of carbonyl (C=O) groups is 1. The maximum absolute atomic E-state index is 13.7. The summed E-state index contributed by atoms with van der Waals surface area (Å²) in [5, 5.41) is 0. The molecule has 0 aliphatic rings. The molecule has 21 heavy (non-hydrogen) atoms. The van der Waals surface area contributed by atoms with Gasteiger partial charge >= 0.3 is 5.97 Å². The zero-order valence-electron chi connectivity index (χ0n) is 11.0. The second kappa shape index (κ2) is 6.30. The number of hydrogen-bond acceptors (Lipinski definition) is 3. The first kappa shape index (κ1) is 14.9. The van der Waals surface area contributed by atoms with Crippen LogP contribution in [-0.4, -0.2) is 13.1 Å². The van der Waals surface area contributed by atoms with Gasteiger partial charge < -0.3 is 9.47 Å². The highest BCUT2D eigenvalue weighted by Gasteiger charge is 2.12. The summed E-state index contributed by atoms with van der Waals surface area (Å²) < 4.78 is 49.2. The van der Waals surface area contributed by atoms with Crippen LogP contribution in [0.15, 0.2) is 36.4 Å². The minimum absolute atomic E-state index is 0.00930. The van der Waals surface area contributed by atoms with E-state index in [1.807, 2.05) is 0 Å². The van der Waals surface area contributed by atoms with E-state index < -0.39 is 23.4 Å². The Morgan fingerprint density at radius 3 is 2.29 bits per heavy atom. The number of esters is 1. The Morgan fingerprint density at radius 2 is 1.71 bits per heavy atom. The van der Waals surface area contributed by atoms with Crippen molar-refractivity contribution in [3.63, 3.8) is 0 Å². The topological polar surface area (TPSA) is 35.5 Å². The highest BCUT2D eigenvalue weighted by molar-refractivity contribution is 5.89. The molecule has 0 N–H and O–H groups in total. The maximum Gasteiger partial charge on any atom is 0.340 e. The molecule has 0 aliphatic heterocycles. The van der Waals surface area contributed by atoms with E-state index in [0.29, 0.717) is 5.56 Å². The monoisotopic (exact) mass is 296 g/mol. The van der Waals surface area contributed by atoms with Gasteiger partial charge in [0.05, 0.1) is 12.7 Å². The van der Waals surface area contributed by atoms with Crippen LogP contribution in [0.2, 0.25) is 0 Å². The molecule has 2 aromatic carbocycles. The third-order valence-electron chi connectivity index (χ3n) is 2.68. The lowest BCUT2D eigenvalue weighted by atomic mass is 10.1. The van der Waals surface area contributed by atoms with Crippen molar-refractivity contribution in [2.75, 3.05) is 7.11 Å². The second-order valence-electron chi connectivity index (χ2n) is 4.20. The van der Waals surface area contributed by atoms with Crippen molar-refractivity contribution in [1.82, 2.24) is 0 Å². The van der Waals surface area contributed by atoms with Crippen LogP contribution in [-0.2, 0) is 11.3 Å². The smallest absolute Gasteiger partial charge is 0.340 e. The summed E-state index contributed by atoms with van der Waals surface area (Å²) in [4.78, 5) is 11.2. The normalized spacial score (nSPS) is 10.3. The number of rotatable bonds is 4. The van der Waals surface area contributed by atoms with Gasteiger partial charge in [0.2, 0.25) is 0 Å². The lowest BCUT2D eigenvalue weighted by Crippen LogP contribution is -2.05. The van der Waals surface area contributed by atoms with E-state index in [1.165, 1.54) is 12.1 Å². The van der Waals surface area contributed by atoms with Crippen molar-refractivity contribution in [3.8, 4) is 5.75 Å². The van der Waals surface area contributed by atoms with Gasteiger partial charge in [-0.3, -0.25) is 0 Å². The molecule has 0 unspecified atom stereocenters. The van der Waals surface area contributed by atoms with Crippen LogP contribution in [0.4, 0.5) is 13.2 Å². The van der Waals surface area contributed by atoms with Gasteiger partial charge in [0.15, 0.2) is 0 Å². The van der Waals surface area contributed by atoms with Crippen LogP contribution in [0.3, 0.4) is 0 Å². The number of hydrogen-bond donors (Lipinski definition) is 0. The molecule has 110 valence electrons. The standard InChI is InChI=1S/C15H11F3O3/c1-20-15(19)13-3-2-9(4-14(13)18)8-21-12-6-10(16)5-11(17)7-12/h2-7H,8H2,1H3. The third kappa shape index (κ3) is 3.75. The molecule has 0 heterocycles. The van der Waals surface area contributed by atoms with E-state index in [2.05, 4.69) is 4.74 Å². The van der Waals surface area contributed by atoms with Crippen LogP contribution in [0, 0.1) is 17.5 Å². The number of methoxy groups -OCH3 is 1. The Balaban J connectivity index is 2.10. The summed E-state index contributed by atoms with van der Waals surface area (Å²) in [6.07, 6.45) is 0. The number of halogens is 3. The third-order valence-corrected chi connectivity index (χ3v) is 2.68. The van der Waals surface area contributed by atoms with Crippen LogP contribution >= 0.6 is 0 Å². The first-order chi connectivity index (χ1) is 9.99. The predicted octanol–water partition coefficient (Wildman–Crippen LogP) is 3.47. The molecule has 0 atom stereocenters. The fourth-order valence-electron chi connectivity index (χ4n) is 1.70. The maximum atomic E-state index is 13.7. The predicted molar refractivity (Wildman–Crippen MR) is 68.4 cm³/mol. The second-order valence-corrected chi connectivity index (χ2v) is 4.20. The van der Waals surface area contributed by atoms with Crippen molar-refractivity contribution in [2.45, 2.75) is 6.61 Å². The Morgan fingerprint density at radius 1 is 1.05 bits per heavy atom. The van der Waals surface area contributed by atoms with Crippen LogP contribution < -0.4 is 4.74 Å². The van der Waals surface area contributed by atoms with Crippen molar-refractivity contribution in [2.24, 2.45) is 0 Å². The highest BCUT2D eigenvalue weighted by atomic mass is 19.1. The first-order valence-electron chi connectivity index (χ1n) is 5.95. The Kier molecular flexibility index (Phi) is 4.47. The molecule has 0 aromatic heterocycles. The van der Waals surface area contributed by atoms with Gasteiger partial charge in [-0.05, 0) is 17.7 Å². The zero-order chi connectivity index (χ0) is 15.4. The summed E-state index contributed by atoms with van der Waals surface area (Å²) in [5.74, 6) is -3.08. The molecule has 0 radical (unpaired) electrons. The van der Waals surface area contributed by atoms with Gasteiger partial charge in [0, 0.05) is 18.2 Å². The van der Waals surface area contributed by atoms with Crippen molar-refractivity contribution in [1.29, 1.82) is 0 Å². The number of ether oxygens (including phenoxy) is 2. The van der Waals surface area contributed by atoms with Crippen LogP contribution in [0.1, 0.15) is 15.9 Å². The van der Waals surface area contributed by atoms with Gasteiger partial charge in [-0.25, -0.2) is 18.0 Å². The number of carbonyl (C=O) groups excluding carboxylic acids is 1. The van der Waals surface area contributed by atoms with Gasteiger partial charge in [-0.1, -0.05) is 6.07 Å². The molecule has 6 heteroatoms. The molecular weight excluding hydrogens is 285 g/mol. The van der Waals surface area contributed by atoms with Gasteiger partial charge in [0.25, 0.3) is 0 Å². The van der Waals surface area contributed by atoms with E-state index >= 15 is 0 Å². The molecule has 2 rings (SSSR count). The molecule has 0 fully saturated rings. The molecule has 0 saturated heterocycles. The summed E-state index contributed by atoms with van der Waals surface area (Å²) in [6.45, 7) is -0.0960. The average molecular weight is 296 g/mol. The summed E-state index contributed by atoms with van der Waals surface area (Å²) >= 11 is 0. The summed E-state index contributed by atoms with van der Waals surface area (Å²) in [5.41, 5.74) is 0.211. The van der Waals surface area contributed by atoms with E-state index in [0.717, 1.165) is 31.4 Å².